The quantitative estimate of drug-likeness (QED) is 0.828. The van der Waals surface area contributed by atoms with E-state index in [1.165, 1.54) is 0 Å². The van der Waals surface area contributed by atoms with Gasteiger partial charge in [-0.1, -0.05) is 13.8 Å². The maximum absolute atomic E-state index is 12.4. The Bertz CT molecular complexity index is 464. The summed E-state index contributed by atoms with van der Waals surface area (Å²) in [7, 11) is 4.22. The van der Waals surface area contributed by atoms with Crippen LogP contribution in [0.5, 0.6) is 0 Å². The van der Waals surface area contributed by atoms with Crippen molar-refractivity contribution in [1.82, 2.24) is 19.6 Å². The van der Waals surface area contributed by atoms with E-state index < -0.39 is 0 Å². The summed E-state index contributed by atoms with van der Waals surface area (Å²) >= 11 is 0. The molecule has 5 heteroatoms. The van der Waals surface area contributed by atoms with Crippen LogP contribution < -0.4 is 0 Å². The molecule has 1 amide bonds. The molecule has 1 fully saturated rings. The molecule has 0 bridgehead atoms. The lowest BCUT2D eigenvalue weighted by Gasteiger charge is -2.27. The molecule has 0 saturated carbocycles. The van der Waals surface area contributed by atoms with Crippen molar-refractivity contribution in [3.8, 4) is 0 Å². The van der Waals surface area contributed by atoms with E-state index in [1.807, 2.05) is 28.9 Å². The van der Waals surface area contributed by atoms with Crippen molar-refractivity contribution in [2.75, 3.05) is 27.2 Å². The van der Waals surface area contributed by atoms with Gasteiger partial charge in [0.05, 0.1) is 6.20 Å². The molecule has 2 unspecified atom stereocenters. The molecule has 0 N–H and O–H groups in total. The van der Waals surface area contributed by atoms with Gasteiger partial charge in [0, 0.05) is 38.3 Å². The summed E-state index contributed by atoms with van der Waals surface area (Å²) in [6, 6.07) is 0.473. The van der Waals surface area contributed by atoms with Crippen molar-refractivity contribution in [2.45, 2.75) is 39.8 Å². The molecule has 1 aliphatic heterocycles. The molecule has 2 heterocycles. The zero-order valence-electron chi connectivity index (χ0n) is 13.9. The fourth-order valence-electron chi connectivity index (χ4n) is 3.17. The molecule has 118 valence electrons. The van der Waals surface area contributed by atoms with Crippen LogP contribution in [0.15, 0.2) is 12.4 Å². The van der Waals surface area contributed by atoms with Crippen LogP contribution in [0, 0.1) is 18.8 Å². The highest BCUT2D eigenvalue weighted by Crippen LogP contribution is 2.27. The zero-order valence-corrected chi connectivity index (χ0v) is 13.9. The molecule has 2 rings (SSSR count). The Balaban J connectivity index is 1.91. The fourth-order valence-corrected chi connectivity index (χ4v) is 3.17. The topological polar surface area (TPSA) is 41.4 Å². The Kier molecular flexibility index (Phi) is 5.04. The maximum atomic E-state index is 12.4. The first-order chi connectivity index (χ1) is 9.88. The van der Waals surface area contributed by atoms with Crippen molar-refractivity contribution in [2.24, 2.45) is 11.8 Å². The second-order valence-corrected chi connectivity index (χ2v) is 6.77. The first-order valence-electron chi connectivity index (χ1n) is 7.81. The number of carbonyl (C=O) groups is 1. The summed E-state index contributed by atoms with van der Waals surface area (Å²) in [6.45, 7) is 8.93. The molecular formula is C16H28N4O. The summed E-state index contributed by atoms with van der Waals surface area (Å²) in [6.07, 6.45) is 4.35. The van der Waals surface area contributed by atoms with Crippen molar-refractivity contribution >= 4 is 5.91 Å². The minimum atomic E-state index is 0.248. The van der Waals surface area contributed by atoms with E-state index in [-0.39, 0.29) is 5.91 Å². The Morgan fingerprint density at radius 2 is 2.14 bits per heavy atom. The van der Waals surface area contributed by atoms with Gasteiger partial charge in [-0.2, -0.15) is 5.10 Å². The van der Waals surface area contributed by atoms with E-state index in [0.29, 0.717) is 30.8 Å². The van der Waals surface area contributed by atoms with E-state index in [2.05, 4.69) is 37.9 Å². The van der Waals surface area contributed by atoms with Gasteiger partial charge >= 0.3 is 0 Å². The lowest BCUT2D eigenvalue weighted by atomic mass is 9.91. The Hall–Kier alpha value is -1.36. The van der Waals surface area contributed by atoms with Crippen molar-refractivity contribution < 1.29 is 4.79 Å². The average molecular weight is 292 g/mol. The Morgan fingerprint density at radius 1 is 1.43 bits per heavy atom. The summed E-state index contributed by atoms with van der Waals surface area (Å²) in [5, 5.41) is 4.24. The molecule has 0 radical (unpaired) electrons. The SMILES string of the molecule is Cc1cnn(CCC(=O)N2CC(C(C)C)C(N(C)C)C2)c1. The lowest BCUT2D eigenvalue weighted by Crippen LogP contribution is -2.37. The highest BCUT2D eigenvalue weighted by Gasteiger charge is 2.37. The van der Waals surface area contributed by atoms with E-state index in [0.717, 1.165) is 18.7 Å². The molecule has 0 aromatic carbocycles. The lowest BCUT2D eigenvalue weighted by molar-refractivity contribution is -0.130. The second kappa shape index (κ2) is 6.60. The number of carbonyl (C=O) groups excluding carboxylic acids is 1. The summed E-state index contributed by atoms with van der Waals surface area (Å²) < 4.78 is 1.85. The third-order valence-corrected chi connectivity index (χ3v) is 4.52. The van der Waals surface area contributed by atoms with Gasteiger partial charge < -0.3 is 9.80 Å². The number of rotatable bonds is 5. The summed E-state index contributed by atoms with van der Waals surface area (Å²) in [5.74, 6) is 1.41. The van der Waals surface area contributed by atoms with Crippen molar-refractivity contribution in [3.63, 3.8) is 0 Å². The molecular weight excluding hydrogens is 264 g/mol. The first kappa shape index (κ1) is 16.0. The van der Waals surface area contributed by atoms with Crippen LogP contribution in [0.3, 0.4) is 0 Å². The number of hydrogen-bond donors (Lipinski definition) is 0. The van der Waals surface area contributed by atoms with Crippen LogP contribution >= 0.6 is 0 Å². The first-order valence-corrected chi connectivity index (χ1v) is 7.81. The fraction of sp³-hybridized carbons (Fsp3) is 0.750. The van der Waals surface area contributed by atoms with Crippen LogP contribution in [0.4, 0.5) is 0 Å². The van der Waals surface area contributed by atoms with Gasteiger partial charge in [0.25, 0.3) is 0 Å². The van der Waals surface area contributed by atoms with Gasteiger partial charge in [0.2, 0.25) is 5.91 Å². The summed E-state index contributed by atoms with van der Waals surface area (Å²) in [4.78, 5) is 16.7. The van der Waals surface area contributed by atoms with E-state index in [1.54, 1.807) is 0 Å². The molecule has 1 saturated heterocycles. The number of likely N-dealkylation sites (N-methyl/N-ethyl adjacent to an activating group) is 1. The maximum Gasteiger partial charge on any atom is 0.224 e. The van der Waals surface area contributed by atoms with E-state index >= 15 is 0 Å². The monoisotopic (exact) mass is 292 g/mol. The van der Waals surface area contributed by atoms with Crippen molar-refractivity contribution in [3.05, 3.63) is 18.0 Å². The number of aromatic nitrogens is 2. The molecule has 5 nitrogen and oxygen atoms in total. The second-order valence-electron chi connectivity index (χ2n) is 6.77. The van der Waals surface area contributed by atoms with Crippen LogP contribution in [0.1, 0.15) is 25.8 Å². The standard InChI is InChI=1S/C16H28N4O/c1-12(2)14-10-19(11-15(14)18(4)5)16(21)6-7-20-9-13(3)8-17-20/h8-9,12,14-15H,6-7,10-11H2,1-5H3. The minimum Gasteiger partial charge on any atom is -0.341 e. The third-order valence-electron chi connectivity index (χ3n) is 4.52. The number of aryl methyl sites for hydroxylation is 2. The number of hydrogen-bond acceptors (Lipinski definition) is 3. The van der Waals surface area contributed by atoms with Crippen molar-refractivity contribution in [1.29, 1.82) is 0 Å². The van der Waals surface area contributed by atoms with Crippen LogP contribution in [0.2, 0.25) is 0 Å². The van der Waals surface area contributed by atoms with E-state index in [4.69, 9.17) is 0 Å². The molecule has 1 aromatic rings. The van der Waals surface area contributed by atoms with Gasteiger partial charge in [-0.3, -0.25) is 9.48 Å². The molecule has 1 aromatic heterocycles. The average Bonchev–Trinajstić information content (AvgIpc) is 3.02. The molecule has 0 spiro atoms. The van der Waals surface area contributed by atoms with Crippen LogP contribution in [-0.4, -0.2) is 58.7 Å². The van der Waals surface area contributed by atoms with Gasteiger partial charge in [0.1, 0.15) is 0 Å². The highest BCUT2D eigenvalue weighted by atomic mass is 16.2. The third kappa shape index (κ3) is 3.84. The number of nitrogens with zero attached hydrogens (tertiary/aromatic N) is 4. The zero-order chi connectivity index (χ0) is 15.6. The molecule has 21 heavy (non-hydrogen) atoms. The molecule has 2 atom stereocenters. The normalized spacial score (nSPS) is 22.5. The molecule has 0 aliphatic carbocycles. The van der Waals surface area contributed by atoms with Gasteiger partial charge in [-0.05, 0) is 38.4 Å². The minimum absolute atomic E-state index is 0.248. The Morgan fingerprint density at radius 3 is 2.62 bits per heavy atom. The predicted molar refractivity (Wildman–Crippen MR) is 84.0 cm³/mol. The number of likely N-dealkylation sites (tertiary alicyclic amines) is 1. The molecule has 1 aliphatic rings. The van der Waals surface area contributed by atoms with Gasteiger partial charge in [0.15, 0.2) is 0 Å². The highest BCUT2D eigenvalue weighted by molar-refractivity contribution is 5.76. The van der Waals surface area contributed by atoms with Crippen LogP contribution in [0.25, 0.3) is 0 Å². The Labute approximate surface area is 127 Å². The van der Waals surface area contributed by atoms with Crippen LogP contribution in [-0.2, 0) is 11.3 Å². The predicted octanol–water partition coefficient (Wildman–Crippen LogP) is 1.63. The van der Waals surface area contributed by atoms with Gasteiger partial charge in [-0.25, -0.2) is 0 Å². The van der Waals surface area contributed by atoms with Gasteiger partial charge in [-0.15, -0.1) is 0 Å². The summed E-state index contributed by atoms with van der Waals surface area (Å²) in [5.41, 5.74) is 1.14. The largest absolute Gasteiger partial charge is 0.341 e. The smallest absolute Gasteiger partial charge is 0.224 e. The number of amides is 1. The van der Waals surface area contributed by atoms with E-state index in [9.17, 15) is 4.79 Å².